The number of carbonyl (C=O) groups is 1. The third kappa shape index (κ3) is 5.52. The van der Waals surface area contributed by atoms with Crippen LogP contribution in [0, 0.1) is 11.8 Å². The fourth-order valence-corrected chi connectivity index (χ4v) is 3.17. The first-order valence-corrected chi connectivity index (χ1v) is 8.90. The average molecular weight is 313 g/mol. The lowest BCUT2D eigenvalue weighted by atomic mass is 9.92. The number of rotatable bonds is 9. The molecule has 1 aliphatic heterocycles. The predicted molar refractivity (Wildman–Crippen MR) is 90.7 cm³/mol. The summed E-state index contributed by atoms with van der Waals surface area (Å²) in [5.74, 6) is 0.798. The van der Waals surface area contributed by atoms with E-state index in [-0.39, 0.29) is 11.8 Å². The summed E-state index contributed by atoms with van der Waals surface area (Å²) in [5.41, 5.74) is 6.03. The van der Waals surface area contributed by atoms with Gasteiger partial charge in [-0.1, -0.05) is 47.0 Å². The largest absolute Gasteiger partial charge is 0.379 e. The molecule has 0 spiro atoms. The van der Waals surface area contributed by atoms with E-state index in [0.29, 0.717) is 18.5 Å². The van der Waals surface area contributed by atoms with Gasteiger partial charge >= 0.3 is 0 Å². The topological polar surface area (TPSA) is 67.6 Å². The molecule has 22 heavy (non-hydrogen) atoms. The van der Waals surface area contributed by atoms with Crippen LogP contribution < -0.4 is 11.1 Å². The molecule has 3 atom stereocenters. The standard InChI is InChI=1S/C17H35N3O2/c1-5-13(4)16(18)17(21)19-12-15(14(6-2)7-3)20-8-10-22-11-9-20/h13-16H,5-12,18H2,1-4H3,(H,19,21). The number of nitrogens with two attached hydrogens (primary N) is 1. The Morgan fingerprint density at radius 3 is 2.27 bits per heavy atom. The number of morpholine rings is 1. The van der Waals surface area contributed by atoms with Crippen LogP contribution in [-0.4, -0.2) is 55.7 Å². The Morgan fingerprint density at radius 2 is 1.77 bits per heavy atom. The number of hydrogen-bond donors (Lipinski definition) is 2. The van der Waals surface area contributed by atoms with Crippen LogP contribution in [0.2, 0.25) is 0 Å². The van der Waals surface area contributed by atoms with Gasteiger partial charge in [0.25, 0.3) is 0 Å². The van der Waals surface area contributed by atoms with Crippen LogP contribution in [0.4, 0.5) is 0 Å². The van der Waals surface area contributed by atoms with Crippen molar-refractivity contribution in [1.82, 2.24) is 10.2 Å². The molecule has 3 unspecified atom stereocenters. The van der Waals surface area contributed by atoms with E-state index in [1.54, 1.807) is 0 Å². The molecule has 0 saturated carbocycles. The lowest BCUT2D eigenvalue weighted by Gasteiger charge is -2.39. The van der Waals surface area contributed by atoms with Gasteiger partial charge in [-0.15, -0.1) is 0 Å². The molecule has 0 aromatic heterocycles. The van der Waals surface area contributed by atoms with Gasteiger partial charge in [-0.25, -0.2) is 0 Å². The molecular weight excluding hydrogens is 278 g/mol. The summed E-state index contributed by atoms with van der Waals surface area (Å²) in [6, 6.07) is -0.0241. The van der Waals surface area contributed by atoms with Crippen molar-refractivity contribution >= 4 is 5.91 Å². The first-order valence-electron chi connectivity index (χ1n) is 8.90. The van der Waals surface area contributed by atoms with Crippen molar-refractivity contribution in [3.63, 3.8) is 0 Å². The quantitative estimate of drug-likeness (QED) is 0.679. The van der Waals surface area contributed by atoms with Crippen LogP contribution in [-0.2, 0) is 9.53 Å². The Hall–Kier alpha value is -0.650. The Morgan fingerprint density at radius 1 is 1.18 bits per heavy atom. The van der Waals surface area contributed by atoms with Crippen molar-refractivity contribution in [3.05, 3.63) is 0 Å². The second-order valence-corrected chi connectivity index (χ2v) is 6.45. The molecule has 0 radical (unpaired) electrons. The highest BCUT2D eigenvalue weighted by atomic mass is 16.5. The van der Waals surface area contributed by atoms with E-state index >= 15 is 0 Å². The summed E-state index contributed by atoms with van der Waals surface area (Å²) in [7, 11) is 0. The Bertz CT molecular complexity index is 315. The monoisotopic (exact) mass is 313 g/mol. The summed E-state index contributed by atoms with van der Waals surface area (Å²) in [4.78, 5) is 14.7. The molecular formula is C17H35N3O2. The zero-order valence-corrected chi connectivity index (χ0v) is 14.8. The van der Waals surface area contributed by atoms with E-state index in [9.17, 15) is 4.79 Å². The van der Waals surface area contributed by atoms with Gasteiger partial charge in [-0.05, 0) is 11.8 Å². The second kappa shape index (κ2) is 10.2. The molecule has 0 bridgehead atoms. The maximum Gasteiger partial charge on any atom is 0.237 e. The summed E-state index contributed by atoms with van der Waals surface area (Å²) in [6.45, 7) is 12.7. The third-order valence-electron chi connectivity index (χ3n) is 5.15. The molecule has 3 N–H and O–H groups in total. The highest BCUT2D eigenvalue weighted by Gasteiger charge is 2.28. The van der Waals surface area contributed by atoms with Crippen LogP contribution in [0.15, 0.2) is 0 Å². The van der Waals surface area contributed by atoms with Crippen molar-refractivity contribution in [2.75, 3.05) is 32.8 Å². The van der Waals surface area contributed by atoms with Crippen molar-refractivity contribution in [2.24, 2.45) is 17.6 Å². The zero-order chi connectivity index (χ0) is 16.5. The van der Waals surface area contributed by atoms with Crippen molar-refractivity contribution in [3.8, 4) is 0 Å². The number of ether oxygens (including phenoxy) is 1. The minimum atomic E-state index is -0.406. The van der Waals surface area contributed by atoms with Gasteiger partial charge in [0.05, 0.1) is 19.3 Å². The molecule has 1 heterocycles. The fraction of sp³-hybridized carbons (Fsp3) is 0.941. The Labute approximate surface area is 135 Å². The highest BCUT2D eigenvalue weighted by molar-refractivity contribution is 5.81. The van der Waals surface area contributed by atoms with Gasteiger partial charge in [0, 0.05) is 25.7 Å². The smallest absolute Gasteiger partial charge is 0.237 e. The maximum atomic E-state index is 12.3. The van der Waals surface area contributed by atoms with E-state index in [1.165, 1.54) is 0 Å². The van der Waals surface area contributed by atoms with Crippen molar-refractivity contribution in [2.45, 2.75) is 59.0 Å². The summed E-state index contributed by atoms with van der Waals surface area (Å²) in [5, 5.41) is 3.10. The predicted octanol–water partition coefficient (Wildman–Crippen LogP) is 1.61. The first-order chi connectivity index (χ1) is 10.5. The molecule has 1 saturated heterocycles. The van der Waals surface area contributed by atoms with Crippen LogP contribution in [0.1, 0.15) is 47.0 Å². The van der Waals surface area contributed by atoms with Crippen LogP contribution in [0.5, 0.6) is 0 Å². The summed E-state index contributed by atoms with van der Waals surface area (Å²) < 4.78 is 5.46. The summed E-state index contributed by atoms with van der Waals surface area (Å²) in [6.07, 6.45) is 3.19. The Balaban J connectivity index is 2.62. The van der Waals surface area contributed by atoms with Crippen molar-refractivity contribution < 1.29 is 9.53 Å². The van der Waals surface area contributed by atoms with E-state index in [0.717, 1.165) is 45.6 Å². The van der Waals surface area contributed by atoms with Gasteiger partial charge in [0.1, 0.15) is 0 Å². The van der Waals surface area contributed by atoms with E-state index in [4.69, 9.17) is 10.5 Å². The molecule has 1 fully saturated rings. The number of nitrogens with zero attached hydrogens (tertiary/aromatic N) is 1. The van der Waals surface area contributed by atoms with E-state index in [2.05, 4.69) is 31.0 Å². The third-order valence-corrected chi connectivity index (χ3v) is 5.15. The maximum absolute atomic E-state index is 12.3. The van der Waals surface area contributed by atoms with Crippen LogP contribution in [0.3, 0.4) is 0 Å². The Kier molecular flexibility index (Phi) is 8.98. The SMILES string of the molecule is CCC(C)C(N)C(=O)NCC(C(CC)CC)N1CCOCC1. The molecule has 5 nitrogen and oxygen atoms in total. The van der Waals surface area contributed by atoms with Gasteiger partial charge in [-0.3, -0.25) is 9.69 Å². The normalized spacial score (nSPS) is 20.6. The molecule has 0 aromatic rings. The van der Waals surface area contributed by atoms with Gasteiger partial charge in [0.15, 0.2) is 0 Å². The molecule has 0 aliphatic carbocycles. The molecule has 0 aromatic carbocycles. The van der Waals surface area contributed by atoms with Gasteiger partial charge in [0.2, 0.25) is 5.91 Å². The lowest BCUT2D eigenvalue weighted by Crippen LogP contribution is -2.54. The number of hydrogen-bond acceptors (Lipinski definition) is 4. The zero-order valence-electron chi connectivity index (χ0n) is 14.8. The van der Waals surface area contributed by atoms with E-state index in [1.807, 2.05) is 6.92 Å². The number of carbonyl (C=O) groups excluding carboxylic acids is 1. The highest BCUT2D eigenvalue weighted by Crippen LogP contribution is 2.19. The lowest BCUT2D eigenvalue weighted by molar-refractivity contribution is -0.123. The fourth-order valence-electron chi connectivity index (χ4n) is 3.17. The average Bonchev–Trinajstić information content (AvgIpc) is 2.57. The minimum absolute atomic E-state index is 0.0152. The van der Waals surface area contributed by atoms with Crippen LogP contribution >= 0.6 is 0 Å². The number of nitrogens with one attached hydrogen (secondary N) is 1. The van der Waals surface area contributed by atoms with Crippen LogP contribution in [0.25, 0.3) is 0 Å². The first kappa shape index (κ1) is 19.4. The minimum Gasteiger partial charge on any atom is -0.379 e. The van der Waals surface area contributed by atoms with Crippen molar-refractivity contribution in [1.29, 1.82) is 0 Å². The molecule has 130 valence electrons. The number of amides is 1. The van der Waals surface area contributed by atoms with Gasteiger partial charge < -0.3 is 15.8 Å². The second-order valence-electron chi connectivity index (χ2n) is 6.45. The van der Waals surface area contributed by atoms with Gasteiger partial charge in [-0.2, -0.15) is 0 Å². The molecule has 1 amide bonds. The summed E-state index contributed by atoms with van der Waals surface area (Å²) >= 11 is 0. The van der Waals surface area contributed by atoms with E-state index < -0.39 is 6.04 Å². The molecule has 1 aliphatic rings. The molecule has 5 heteroatoms. The molecule has 1 rings (SSSR count).